The SMILES string of the molecule is N#Cc1nccnc1OC1CCC(NC(=O)c2ccc(F)cc2)CC1. The fourth-order valence-electron chi connectivity index (χ4n) is 2.84. The second kappa shape index (κ2) is 7.71. The zero-order chi connectivity index (χ0) is 17.6. The maximum Gasteiger partial charge on any atom is 0.251 e. The fourth-order valence-corrected chi connectivity index (χ4v) is 2.84. The molecule has 1 saturated carbocycles. The number of benzene rings is 1. The van der Waals surface area contributed by atoms with Crippen LogP contribution in [0.3, 0.4) is 0 Å². The second-order valence-corrected chi connectivity index (χ2v) is 5.89. The third kappa shape index (κ3) is 4.29. The lowest BCUT2D eigenvalue weighted by Gasteiger charge is -2.29. The first-order valence-corrected chi connectivity index (χ1v) is 8.10. The Hall–Kier alpha value is -3.01. The van der Waals surface area contributed by atoms with Gasteiger partial charge in [-0.15, -0.1) is 0 Å². The van der Waals surface area contributed by atoms with Crippen molar-refractivity contribution in [1.29, 1.82) is 5.26 Å². The summed E-state index contributed by atoms with van der Waals surface area (Å²) in [5.41, 5.74) is 0.618. The zero-order valence-corrected chi connectivity index (χ0v) is 13.5. The Labute approximate surface area is 144 Å². The lowest BCUT2D eigenvalue weighted by molar-refractivity contribution is 0.0889. The van der Waals surface area contributed by atoms with Crippen molar-refractivity contribution < 1.29 is 13.9 Å². The number of halogens is 1. The van der Waals surface area contributed by atoms with Crippen LogP contribution >= 0.6 is 0 Å². The quantitative estimate of drug-likeness (QED) is 0.924. The predicted molar refractivity (Wildman–Crippen MR) is 87.3 cm³/mol. The Kier molecular flexibility index (Phi) is 5.19. The van der Waals surface area contributed by atoms with Gasteiger partial charge in [-0.3, -0.25) is 4.79 Å². The van der Waals surface area contributed by atoms with Crippen LogP contribution in [0, 0.1) is 17.1 Å². The maximum absolute atomic E-state index is 12.9. The number of amides is 1. The lowest BCUT2D eigenvalue weighted by atomic mass is 9.92. The molecule has 1 fully saturated rings. The smallest absolute Gasteiger partial charge is 0.251 e. The minimum atomic E-state index is -0.366. The highest BCUT2D eigenvalue weighted by atomic mass is 19.1. The number of rotatable bonds is 4. The van der Waals surface area contributed by atoms with Gasteiger partial charge in [-0.1, -0.05) is 0 Å². The van der Waals surface area contributed by atoms with Crippen molar-refractivity contribution in [2.45, 2.75) is 37.8 Å². The Bertz CT molecular complexity index is 780. The molecule has 128 valence electrons. The highest BCUT2D eigenvalue weighted by molar-refractivity contribution is 5.94. The number of nitrogens with zero attached hydrogens (tertiary/aromatic N) is 3. The van der Waals surface area contributed by atoms with Gasteiger partial charge in [0.1, 0.15) is 18.0 Å². The molecule has 0 unspecified atom stereocenters. The molecule has 1 aliphatic carbocycles. The van der Waals surface area contributed by atoms with E-state index in [4.69, 9.17) is 10.00 Å². The molecule has 2 aromatic rings. The van der Waals surface area contributed by atoms with Crippen molar-refractivity contribution in [3.8, 4) is 11.9 Å². The number of hydrogen-bond acceptors (Lipinski definition) is 5. The summed E-state index contributed by atoms with van der Waals surface area (Å²) in [5.74, 6) is -0.316. The standard InChI is InChI=1S/C18H17FN4O2/c19-13-3-1-12(2-4-13)17(24)23-14-5-7-15(8-6-14)25-18-16(11-20)21-9-10-22-18/h1-4,9-10,14-15H,5-8H2,(H,23,24). The molecular formula is C18H17FN4O2. The van der Waals surface area contributed by atoms with Crippen molar-refractivity contribution in [2.24, 2.45) is 0 Å². The number of ether oxygens (including phenoxy) is 1. The van der Waals surface area contributed by atoms with Gasteiger partial charge in [0.15, 0.2) is 0 Å². The molecular weight excluding hydrogens is 323 g/mol. The van der Waals surface area contributed by atoms with E-state index in [0.717, 1.165) is 25.7 Å². The van der Waals surface area contributed by atoms with Crippen LogP contribution in [-0.4, -0.2) is 28.0 Å². The molecule has 1 N–H and O–H groups in total. The number of aromatic nitrogens is 2. The largest absolute Gasteiger partial charge is 0.472 e. The molecule has 25 heavy (non-hydrogen) atoms. The number of hydrogen-bond donors (Lipinski definition) is 1. The molecule has 0 bridgehead atoms. The van der Waals surface area contributed by atoms with Crippen LogP contribution in [0.4, 0.5) is 4.39 Å². The van der Waals surface area contributed by atoms with E-state index in [2.05, 4.69) is 15.3 Å². The van der Waals surface area contributed by atoms with Crippen LogP contribution in [0.5, 0.6) is 5.88 Å². The minimum absolute atomic E-state index is 0.0506. The summed E-state index contributed by atoms with van der Waals surface area (Å²) in [6.45, 7) is 0. The summed E-state index contributed by atoms with van der Waals surface area (Å²) >= 11 is 0. The molecule has 1 aromatic heterocycles. The number of carbonyl (C=O) groups excluding carboxylic acids is 1. The van der Waals surface area contributed by atoms with E-state index >= 15 is 0 Å². The topological polar surface area (TPSA) is 87.9 Å². The molecule has 0 radical (unpaired) electrons. The Balaban J connectivity index is 1.51. The summed E-state index contributed by atoms with van der Waals surface area (Å²) in [6.07, 6.45) is 5.91. The van der Waals surface area contributed by atoms with Gasteiger partial charge >= 0.3 is 0 Å². The lowest BCUT2D eigenvalue weighted by Crippen LogP contribution is -2.39. The molecule has 1 amide bonds. The van der Waals surface area contributed by atoms with E-state index in [1.165, 1.54) is 36.7 Å². The van der Waals surface area contributed by atoms with E-state index < -0.39 is 0 Å². The highest BCUT2D eigenvalue weighted by Crippen LogP contribution is 2.24. The average Bonchev–Trinajstić information content (AvgIpc) is 2.64. The molecule has 1 aromatic carbocycles. The molecule has 7 heteroatoms. The van der Waals surface area contributed by atoms with Crippen molar-refractivity contribution in [3.63, 3.8) is 0 Å². The van der Waals surface area contributed by atoms with Crippen molar-refractivity contribution in [3.05, 3.63) is 53.7 Å². The van der Waals surface area contributed by atoms with Crippen LogP contribution in [0.2, 0.25) is 0 Å². The van der Waals surface area contributed by atoms with Crippen LogP contribution in [0.1, 0.15) is 41.7 Å². The fraction of sp³-hybridized carbons (Fsp3) is 0.333. The van der Waals surface area contributed by atoms with Gasteiger partial charge in [0.2, 0.25) is 5.69 Å². The second-order valence-electron chi connectivity index (χ2n) is 5.89. The van der Waals surface area contributed by atoms with Crippen LogP contribution < -0.4 is 10.1 Å². The molecule has 1 heterocycles. The Morgan fingerprint density at radius 1 is 1.16 bits per heavy atom. The van der Waals surface area contributed by atoms with Gasteiger partial charge in [0.05, 0.1) is 0 Å². The van der Waals surface area contributed by atoms with E-state index in [9.17, 15) is 9.18 Å². The first kappa shape index (κ1) is 16.8. The number of carbonyl (C=O) groups is 1. The third-order valence-corrected chi connectivity index (χ3v) is 4.16. The summed E-state index contributed by atoms with van der Waals surface area (Å²) in [4.78, 5) is 20.1. The van der Waals surface area contributed by atoms with Crippen LogP contribution in [-0.2, 0) is 0 Å². The van der Waals surface area contributed by atoms with Crippen molar-refractivity contribution >= 4 is 5.91 Å². The molecule has 1 aliphatic rings. The van der Waals surface area contributed by atoms with Crippen LogP contribution in [0.25, 0.3) is 0 Å². The van der Waals surface area contributed by atoms with Gasteiger partial charge in [-0.05, 0) is 49.9 Å². The molecule has 6 nitrogen and oxygen atoms in total. The van der Waals surface area contributed by atoms with E-state index in [0.29, 0.717) is 5.56 Å². The normalized spacial score (nSPS) is 19.7. The first-order valence-electron chi connectivity index (χ1n) is 8.10. The Morgan fingerprint density at radius 2 is 1.84 bits per heavy atom. The van der Waals surface area contributed by atoms with Gasteiger partial charge < -0.3 is 10.1 Å². The van der Waals surface area contributed by atoms with Crippen molar-refractivity contribution in [1.82, 2.24) is 15.3 Å². The predicted octanol–water partition coefficient (Wildman–Crippen LogP) is 2.61. The van der Waals surface area contributed by atoms with Gasteiger partial charge in [-0.2, -0.15) is 5.26 Å². The number of nitriles is 1. The minimum Gasteiger partial charge on any atom is -0.472 e. The van der Waals surface area contributed by atoms with Gasteiger partial charge in [-0.25, -0.2) is 14.4 Å². The Morgan fingerprint density at radius 3 is 2.52 bits per heavy atom. The maximum atomic E-state index is 12.9. The van der Waals surface area contributed by atoms with Gasteiger partial charge in [0.25, 0.3) is 11.8 Å². The monoisotopic (exact) mass is 340 g/mol. The zero-order valence-electron chi connectivity index (χ0n) is 13.5. The first-order chi connectivity index (χ1) is 12.2. The van der Waals surface area contributed by atoms with Gasteiger partial charge in [0, 0.05) is 24.0 Å². The third-order valence-electron chi connectivity index (χ3n) is 4.16. The summed E-state index contributed by atoms with van der Waals surface area (Å²) in [6, 6.07) is 7.49. The van der Waals surface area contributed by atoms with E-state index in [1.807, 2.05) is 6.07 Å². The van der Waals surface area contributed by atoms with E-state index in [1.54, 1.807) is 0 Å². The number of nitrogens with one attached hydrogen (secondary N) is 1. The van der Waals surface area contributed by atoms with Crippen molar-refractivity contribution in [2.75, 3.05) is 0 Å². The summed E-state index contributed by atoms with van der Waals surface area (Å²) in [7, 11) is 0. The van der Waals surface area contributed by atoms with Crippen LogP contribution in [0.15, 0.2) is 36.7 Å². The molecule has 0 aliphatic heterocycles. The molecule has 3 rings (SSSR count). The summed E-state index contributed by atoms with van der Waals surface area (Å²) in [5, 5.41) is 12.0. The summed E-state index contributed by atoms with van der Waals surface area (Å²) < 4.78 is 18.7. The van der Waals surface area contributed by atoms with E-state index in [-0.39, 0.29) is 35.4 Å². The average molecular weight is 340 g/mol. The highest BCUT2D eigenvalue weighted by Gasteiger charge is 2.25. The molecule has 0 atom stereocenters. The molecule has 0 saturated heterocycles. The molecule has 0 spiro atoms.